The molecule has 98 heavy (non-hydrogen) atoms. The van der Waals surface area contributed by atoms with Crippen LogP contribution in [0, 0.1) is 0 Å². The maximum absolute atomic E-state index is 6.99. The van der Waals surface area contributed by atoms with Gasteiger partial charge in [0.05, 0.1) is 0 Å². The van der Waals surface area contributed by atoms with E-state index < -0.39 is 0 Å². The van der Waals surface area contributed by atoms with E-state index in [-0.39, 0.29) is 0 Å². The third-order valence-electron chi connectivity index (χ3n) is 20.6. The predicted molar refractivity (Wildman–Crippen MR) is 415 cm³/mol. The lowest BCUT2D eigenvalue weighted by Crippen LogP contribution is -1.94. The Bertz CT molecular complexity index is 6530. The molecule has 20 aromatic rings. The van der Waals surface area contributed by atoms with Crippen molar-refractivity contribution in [2.45, 2.75) is 0 Å². The molecule has 454 valence electrons. The largest absolute Gasteiger partial charge is 0.456 e. The van der Waals surface area contributed by atoms with E-state index in [1.54, 1.807) is 0 Å². The number of hydrogen-bond acceptors (Lipinski definition) is 2. The Morgan fingerprint density at radius 3 is 1.09 bits per heavy atom. The summed E-state index contributed by atoms with van der Waals surface area (Å²) in [4.78, 5) is 0. The minimum Gasteiger partial charge on any atom is -0.456 e. The number of furan rings is 2. The third-order valence-corrected chi connectivity index (χ3v) is 20.6. The highest BCUT2D eigenvalue weighted by atomic mass is 16.3. The second-order valence-electron chi connectivity index (χ2n) is 26.0. The molecule has 0 radical (unpaired) electrons. The number of rotatable bonds is 9. The zero-order chi connectivity index (χ0) is 64.4. The maximum atomic E-state index is 6.99. The molecule has 2 heterocycles. The van der Waals surface area contributed by atoms with Crippen LogP contribution in [-0.2, 0) is 0 Å². The van der Waals surface area contributed by atoms with Gasteiger partial charge >= 0.3 is 0 Å². The molecule has 0 unspecified atom stereocenters. The molecule has 0 aliphatic rings. The summed E-state index contributed by atoms with van der Waals surface area (Å²) >= 11 is 0. The van der Waals surface area contributed by atoms with Gasteiger partial charge in [0.2, 0.25) is 0 Å². The second kappa shape index (κ2) is 22.4. The molecule has 0 amide bonds. The van der Waals surface area contributed by atoms with Crippen LogP contribution >= 0.6 is 0 Å². The highest BCUT2D eigenvalue weighted by Crippen LogP contribution is 2.51. The van der Waals surface area contributed by atoms with Crippen LogP contribution in [-0.4, -0.2) is 0 Å². The Balaban J connectivity index is 0.694. The van der Waals surface area contributed by atoms with Crippen molar-refractivity contribution in [1.82, 2.24) is 0 Å². The fourth-order valence-corrected chi connectivity index (χ4v) is 16.3. The first-order valence-corrected chi connectivity index (χ1v) is 33.8. The first-order valence-electron chi connectivity index (χ1n) is 33.8. The molecule has 0 atom stereocenters. The van der Waals surface area contributed by atoms with Gasteiger partial charge in [-0.15, -0.1) is 0 Å². The third kappa shape index (κ3) is 8.82. The number of benzene rings is 18. The van der Waals surface area contributed by atoms with E-state index in [1.165, 1.54) is 115 Å². The summed E-state index contributed by atoms with van der Waals surface area (Å²) in [7, 11) is 0. The summed E-state index contributed by atoms with van der Waals surface area (Å²) in [6.07, 6.45) is 0. The molecule has 0 saturated heterocycles. The molecule has 0 saturated carbocycles. The van der Waals surface area contributed by atoms with Crippen LogP contribution in [0.4, 0.5) is 0 Å². The molecule has 2 heteroatoms. The van der Waals surface area contributed by atoms with Crippen LogP contribution < -0.4 is 0 Å². The summed E-state index contributed by atoms with van der Waals surface area (Å²) in [6.45, 7) is 0. The minimum absolute atomic E-state index is 0.859. The SMILES string of the molecule is c1ccc(-c2ccccc2-c2c3ccccc3c(-c3cccc(-c4cccc5oc6cc7c(-c8ccc(-c9c%10ccccc%10c(-c%10ccc(-c%11cccc%12oc%13cc%14ccccc%14cc%13c%11%12)cc%10)c%10ccccc9%10)c(-c9ccccc9)c8)cccc7cc6c45)c3)c3ccccc23)cc1. The monoisotopic (exact) mass is 1240 g/mol. The van der Waals surface area contributed by atoms with Gasteiger partial charge < -0.3 is 8.83 Å². The second-order valence-corrected chi connectivity index (χ2v) is 26.0. The Hall–Kier alpha value is -12.9. The Morgan fingerprint density at radius 1 is 0.143 bits per heavy atom. The Morgan fingerprint density at radius 2 is 0.500 bits per heavy atom. The van der Waals surface area contributed by atoms with E-state index in [0.717, 1.165) is 93.6 Å². The van der Waals surface area contributed by atoms with Crippen LogP contribution in [0.15, 0.2) is 361 Å². The lowest BCUT2D eigenvalue weighted by atomic mass is 9.82. The summed E-state index contributed by atoms with van der Waals surface area (Å²) < 4.78 is 13.5. The molecule has 0 N–H and O–H groups in total. The molecular weight excluding hydrogens is 1190 g/mol. The maximum Gasteiger partial charge on any atom is 0.136 e. The van der Waals surface area contributed by atoms with Gasteiger partial charge in [-0.3, -0.25) is 0 Å². The van der Waals surface area contributed by atoms with Crippen molar-refractivity contribution in [3.8, 4) is 100 Å². The smallest absolute Gasteiger partial charge is 0.136 e. The summed E-state index contributed by atoms with van der Waals surface area (Å²) in [5.74, 6) is 0. The first kappa shape index (κ1) is 55.6. The van der Waals surface area contributed by atoms with Crippen molar-refractivity contribution >= 4 is 109 Å². The average molecular weight is 1240 g/mol. The van der Waals surface area contributed by atoms with Crippen molar-refractivity contribution in [1.29, 1.82) is 0 Å². The van der Waals surface area contributed by atoms with Gasteiger partial charge in [0.1, 0.15) is 22.3 Å². The fraction of sp³-hybridized carbons (Fsp3) is 0. The van der Waals surface area contributed by atoms with E-state index >= 15 is 0 Å². The molecule has 20 rings (SSSR count). The number of fused-ring (bicyclic) bond motifs is 12. The lowest BCUT2D eigenvalue weighted by molar-refractivity contribution is 0.669. The van der Waals surface area contributed by atoms with Gasteiger partial charge in [-0.05, 0) is 213 Å². The van der Waals surface area contributed by atoms with Crippen molar-refractivity contribution in [2.75, 3.05) is 0 Å². The van der Waals surface area contributed by atoms with Gasteiger partial charge in [-0.25, -0.2) is 0 Å². The highest BCUT2D eigenvalue weighted by Gasteiger charge is 2.24. The standard InChI is InChI=1S/C96H58O2/c1-3-23-59(24-4-1)69-32-9-10-33-73(69)93-80-40-17-13-36-76(80)92(77-37-14-18-41-81(77)93)68-31-19-29-65(53-68)72-44-22-46-88-96(72)86-56-66-30-20-42-70(84(66)58-90(86)98-88)67-51-52-82(83(55-67)60-25-5-2-6-26-60)94-78-38-15-11-34-74(78)91(75-35-12-16-39-79(75)94)62-49-47-61(48-50-62)71-43-21-45-87-95(71)85-54-63-27-7-8-28-64(63)57-89(85)97-87/h1-58H. The van der Waals surface area contributed by atoms with Crippen molar-refractivity contribution in [3.05, 3.63) is 352 Å². The van der Waals surface area contributed by atoms with E-state index in [9.17, 15) is 0 Å². The Labute approximate surface area is 565 Å². The summed E-state index contributed by atoms with van der Waals surface area (Å²) in [5, 5.41) is 18.9. The molecule has 2 nitrogen and oxygen atoms in total. The molecule has 18 aromatic carbocycles. The topological polar surface area (TPSA) is 26.3 Å². The molecule has 0 spiro atoms. The quantitative estimate of drug-likeness (QED) is 0.135. The molecule has 0 bridgehead atoms. The molecule has 2 aromatic heterocycles. The van der Waals surface area contributed by atoms with Crippen molar-refractivity contribution in [2.24, 2.45) is 0 Å². The normalized spacial score (nSPS) is 11.9. The first-order chi connectivity index (χ1) is 48.6. The van der Waals surface area contributed by atoms with Gasteiger partial charge in [-0.1, -0.05) is 303 Å². The summed E-state index contributed by atoms with van der Waals surface area (Å²) in [6, 6.07) is 129. The van der Waals surface area contributed by atoms with Crippen LogP contribution in [0.2, 0.25) is 0 Å². The van der Waals surface area contributed by atoms with Crippen LogP contribution in [0.1, 0.15) is 0 Å². The average Bonchev–Trinajstić information content (AvgIpc) is 0.934. The van der Waals surface area contributed by atoms with E-state index in [4.69, 9.17) is 8.83 Å². The van der Waals surface area contributed by atoms with E-state index in [1.807, 2.05) is 0 Å². The molecule has 0 fully saturated rings. The minimum atomic E-state index is 0.859. The zero-order valence-electron chi connectivity index (χ0n) is 53.3. The predicted octanol–water partition coefficient (Wildman–Crippen LogP) is 27.4. The fourth-order valence-electron chi connectivity index (χ4n) is 16.3. The lowest BCUT2D eigenvalue weighted by Gasteiger charge is -2.21. The zero-order valence-corrected chi connectivity index (χ0v) is 53.3. The van der Waals surface area contributed by atoms with Crippen LogP contribution in [0.25, 0.3) is 209 Å². The van der Waals surface area contributed by atoms with Crippen LogP contribution in [0.3, 0.4) is 0 Å². The molecule has 0 aliphatic heterocycles. The molecular formula is C96H58O2. The van der Waals surface area contributed by atoms with Gasteiger partial charge in [-0.2, -0.15) is 0 Å². The van der Waals surface area contributed by atoms with E-state index in [0.29, 0.717) is 0 Å². The van der Waals surface area contributed by atoms with Crippen LogP contribution in [0.5, 0.6) is 0 Å². The van der Waals surface area contributed by atoms with Crippen molar-refractivity contribution < 1.29 is 8.83 Å². The summed E-state index contributed by atoms with van der Waals surface area (Å²) in [5.41, 5.74) is 24.8. The van der Waals surface area contributed by atoms with Gasteiger partial charge in [0.15, 0.2) is 0 Å². The number of hydrogen-bond donors (Lipinski definition) is 0. The molecule has 0 aliphatic carbocycles. The van der Waals surface area contributed by atoms with Crippen molar-refractivity contribution in [3.63, 3.8) is 0 Å². The van der Waals surface area contributed by atoms with Gasteiger partial charge in [0, 0.05) is 21.5 Å². The highest BCUT2D eigenvalue weighted by molar-refractivity contribution is 6.25. The van der Waals surface area contributed by atoms with Gasteiger partial charge in [0.25, 0.3) is 0 Å². The Kier molecular flexibility index (Phi) is 12.7. The van der Waals surface area contributed by atoms with E-state index in [2.05, 4.69) is 352 Å².